The summed E-state index contributed by atoms with van der Waals surface area (Å²) in [6, 6.07) is 6.47. The second-order valence-electron chi connectivity index (χ2n) is 9.79. The molecule has 1 heterocycles. The van der Waals surface area contributed by atoms with E-state index in [1.165, 1.54) is 19.3 Å². The zero-order chi connectivity index (χ0) is 20.2. The van der Waals surface area contributed by atoms with Gasteiger partial charge in [0.15, 0.2) is 0 Å². The maximum atomic E-state index is 13.7. The highest BCUT2D eigenvalue weighted by atomic mass is 35.5. The van der Waals surface area contributed by atoms with Crippen LogP contribution in [-0.4, -0.2) is 40.6 Å². The van der Waals surface area contributed by atoms with Crippen LogP contribution >= 0.6 is 11.6 Å². The van der Waals surface area contributed by atoms with E-state index in [9.17, 15) is 14.7 Å². The first-order chi connectivity index (χ1) is 13.9. The van der Waals surface area contributed by atoms with Crippen LogP contribution in [0.1, 0.15) is 50.5 Å². The molecule has 4 saturated carbocycles. The van der Waals surface area contributed by atoms with E-state index >= 15 is 0 Å². The summed E-state index contributed by atoms with van der Waals surface area (Å²) in [5.74, 6) is 1.64. The van der Waals surface area contributed by atoms with Crippen LogP contribution in [0.25, 0.3) is 0 Å². The molecule has 1 amide bonds. The second kappa shape index (κ2) is 7.28. The van der Waals surface area contributed by atoms with Gasteiger partial charge in [-0.15, -0.1) is 0 Å². The first-order valence-electron chi connectivity index (χ1n) is 10.8. The molecule has 5 aliphatic rings. The largest absolute Gasteiger partial charge is 0.459 e. The standard InChI is InChI=1S/C23H28ClNO4/c24-18-3-1-14(2-4-18)13-29-21(27)20-8-19(26)12-25(20)22(28)23-9-15-5-16(10-23)7-17(6-15)11-23/h1-4,15-17,19-20,26H,5-13H2/t15?,16?,17?,19?,20-,23?/m0/s1. The number of hydrogen-bond donors (Lipinski definition) is 1. The molecule has 29 heavy (non-hydrogen) atoms. The molecule has 1 aromatic rings. The summed E-state index contributed by atoms with van der Waals surface area (Å²) < 4.78 is 5.51. The monoisotopic (exact) mass is 417 g/mol. The smallest absolute Gasteiger partial charge is 0.329 e. The number of aliphatic hydroxyl groups is 1. The van der Waals surface area contributed by atoms with Crippen molar-refractivity contribution in [3.8, 4) is 0 Å². The Hall–Kier alpha value is -1.59. The zero-order valence-electron chi connectivity index (χ0n) is 16.6. The third kappa shape index (κ3) is 3.57. The fraction of sp³-hybridized carbons (Fsp3) is 0.652. The maximum Gasteiger partial charge on any atom is 0.329 e. The number of halogens is 1. The average molecular weight is 418 g/mol. The molecule has 1 unspecified atom stereocenters. The van der Waals surface area contributed by atoms with Crippen molar-refractivity contribution < 1.29 is 19.4 Å². The molecule has 5 fully saturated rings. The summed E-state index contributed by atoms with van der Waals surface area (Å²) in [5, 5.41) is 10.9. The predicted molar refractivity (Wildman–Crippen MR) is 108 cm³/mol. The average Bonchev–Trinajstić information content (AvgIpc) is 3.07. The fourth-order valence-corrected chi connectivity index (χ4v) is 6.90. The Balaban J connectivity index is 1.29. The van der Waals surface area contributed by atoms with Crippen molar-refractivity contribution in [2.45, 2.75) is 63.7 Å². The Labute approximate surface area is 176 Å². The number of benzene rings is 1. The minimum atomic E-state index is -0.683. The van der Waals surface area contributed by atoms with Crippen LogP contribution in [0.15, 0.2) is 24.3 Å². The van der Waals surface area contributed by atoms with Crippen LogP contribution in [0.5, 0.6) is 0 Å². The molecule has 156 valence electrons. The molecule has 4 aliphatic carbocycles. The van der Waals surface area contributed by atoms with Crippen molar-refractivity contribution in [2.24, 2.45) is 23.2 Å². The lowest BCUT2D eigenvalue weighted by Crippen LogP contribution is -2.56. The van der Waals surface area contributed by atoms with E-state index < -0.39 is 18.1 Å². The van der Waals surface area contributed by atoms with Gasteiger partial charge < -0.3 is 14.7 Å². The lowest BCUT2D eigenvalue weighted by molar-refractivity contribution is -0.166. The number of hydrogen-bond acceptors (Lipinski definition) is 4. The van der Waals surface area contributed by atoms with E-state index in [0.717, 1.165) is 24.8 Å². The summed E-state index contributed by atoms with van der Waals surface area (Å²) in [6.07, 6.45) is 6.26. The van der Waals surface area contributed by atoms with Crippen LogP contribution in [0, 0.1) is 23.2 Å². The lowest BCUT2D eigenvalue weighted by Gasteiger charge is -2.56. The number of ether oxygens (including phenoxy) is 1. The van der Waals surface area contributed by atoms with Gasteiger partial charge in [-0.2, -0.15) is 0 Å². The molecule has 1 N–H and O–H groups in total. The Bertz CT molecular complexity index is 772. The Morgan fingerprint density at radius 2 is 1.62 bits per heavy atom. The number of carbonyl (C=O) groups is 2. The maximum absolute atomic E-state index is 13.7. The molecular formula is C23H28ClNO4. The van der Waals surface area contributed by atoms with Gasteiger partial charge in [-0.3, -0.25) is 4.79 Å². The molecule has 0 aromatic heterocycles. The number of nitrogens with zero attached hydrogens (tertiary/aromatic N) is 1. The summed E-state index contributed by atoms with van der Waals surface area (Å²) in [6.45, 7) is 0.378. The molecule has 4 bridgehead atoms. The van der Waals surface area contributed by atoms with Gasteiger partial charge in [-0.1, -0.05) is 23.7 Å². The summed E-state index contributed by atoms with van der Waals surface area (Å²) in [5.41, 5.74) is 0.535. The quantitative estimate of drug-likeness (QED) is 0.760. The number of carbonyl (C=O) groups excluding carboxylic acids is 2. The molecule has 2 atom stereocenters. The van der Waals surface area contributed by atoms with Crippen molar-refractivity contribution in [1.82, 2.24) is 4.90 Å². The molecule has 1 aromatic carbocycles. The molecule has 6 rings (SSSR count). The first kappa shape index (κ1) is 19.4. The third-order valence-corrected chi connectivity index (χ3v) is 7.85. The Morgan fingerprint density at radius 1 is 1.03 bits per heavy atom. The third-order valence-electron chi connectivity index (χ3n) is 7.60. The van der Waals surface area contributed by atoms with E-state index in [2.05, 4.69) is 0 Å². The van der Waals surface area contributed by atoms with Gasteiger partial charge in [0.1, 0.15) is 12.6 Å². The summed E-state index contributed by atoms with van der Waals surface area (Å²) >= 11 is 5.90. The Kier molecular flexibility index (Phi) is 4.86. The van der Waals surface area contributed by atoms with Gasteiger partial charge in [0, 0.05) is 18.0 Å². The molecular weight excluding hydrogens is 390 g/mol. The van der Waals surface area contributed by atoms with Gasteiger partial charge in [-0.25, -0.2) is 4.79 Å². The number of rotatable bonds is 4. The van der Waals surface area contributed by atoms with E-state index in [-0.39, 0.29) is 30.9 Å². The number of amides is 1. The molecule has 1 saturated heterocycles. The SMILES string of the molecule is O=C(OCc1ccc(Cl)cc1)[C@@H]1CC(O)CN1C(=O)C12CC3CC(CC(C3)C1)C2. The highest BCUT2D eigenvalue weighted by Gasteiger charge is 2.57. The van der Waals surface area contributed by atoms with Crippen LogP contribution in [-0.2, 0) is 20.9 Å². The summed E-state index contributed by atoms with van der Waals surface area (Å²) in [4.78, 5) is 28.1. The molecule has 6 heteroatoms. The van der Waals surface area contributed by atoms with Crippen LogP contribution in [0.3, 0.4) is 0 Å². The molecule has 5 nitrogen and oxygen atoms in total. The van der Waals surface area contributed by atoms with Gasteiger partial charge in [0.05, 0.1) is 11.5 Å². The highest BCUT2D eigenvalue weighted by Crippen LogP contribution is 2.60. The van der Waals surface area contributed by atoms with Crippen molar-refractivity contribution in [3.63, 3.8) is 0 Å². The van der Waals surface area contributed by atoms with Gasteiger partial charge in [0.25, 0.3) is 0 Å². The molecule has 1 aliphatic heterocycles. The van der Waals surface area contributed by atoms with Crippen molar-refractivity contribution in [2.75, 3.05) is 6.54 Å². The predicted octanol–water partition coefficient (Wildman–Crippen LogP) is 3.56. The second-order valence-corrected chi connectivity index (χ2v) is 10.2. The minimum absolute atomic E-state index is 0.0848. The van der Waals surface area contributed by atoms with Crippen LogP contribution in [0.4, 0.5) is 0 Å². The van der Waals surface area contributed by atoms with E-state index in [1.807, 2.05) is 12.1 Å². The zero-order valence-corrected chi connectivity index (χ0v) is 17.3. The van der Waals surface area contributed by atoms with Crippen molar-refractivity contribution in [1.29, 1.82) is 0 Å². The Morgan fingerprint density at radius 3 is 2.21 bits per heavy atom. The van der Waals surface area contributed by atoms with E-state index in [4.69, 9.17) is 16.3 Å². The number of esters is 1. The number of aliphatic hydroxyl groups excluding tert-OH is 1. The van der Waals surface area contributed by atoms with Crippen molar-refractivity contribution >= 4 is 23.5 Å². The van der Waals surface area contributed by atoms with Gasteiger partial charge in [-0.05, 0) is 74.0 Å². The number of β-amino-alcohol motifs (C(OH)–C–C–N with tert-alkyl or cyclic N) is 1. The molecule has 0 radical (unpaired) electrons. The van der Waals surface area contributed by atoms with Crippen molar-refractivity contribution in [3.05, 3.63) is 34.9 Å². The van der Waals surface area contributed by atoms with E-state index in [1.54, 1.807) is 17.0 Å². The van der Waals surface area contributed by atoms with Gasteiger partial charge in [0.2, 0.25) is 5.91 Å². The van der Waals surface area contributed by atoms with E-state index in [0.29, 0.717) is 22.8 Å². The summed E-state index contributed by atoms with van der Waals surface area (Å²) in [7, 11) is 0. The number of likely N-dealkylation sites (tertiary alicyclic amines) is 1. The van der Waals surface area contributed by atoms with Crippen LogP contribution < -0.4 is 0 Å². The highest BCUT2D eigenvalue weighted by molar-refractivity contribution is 6.30. The van der Waals surface area contributed by atoms with Gasteiger partial charge >= 0.3 is 5.97 Å². The minimum Gasteiger partial charge on any atom is -0.459 e. The normalized spacial score (nSPS) is 37.7. The topological polar surface area (TPSA) is 66.8 Å². The lowest BCUT2D eigenvalue weighted by atomic mass is 9.49. The molecule has 0 spiro atoms. The first-order valence-corrected chi connectivity index (χ1v) is 11.2. The fourth-order valence-electron chi connectivity index (χ4n) is 6.77. The van der Waals surface area contributed by atoms with Crippen LogP contribution in [0.2, 0.25) is 5.02 Å².